The number of imidazole rings is 1. The van der Waals surface area contributed by atoms with E-state index in [-0.39, 0.29) is 10.8 Å². The Morgan fingerprint density at radius 1 is 1.12 bits per heavy atom. The van der Waals surface area contributed by atoms with Crippen LogP contribution in [0.1, 0.15) is 32.5 Å². The summed E-state index contributed by atoms with van der Waals surface area (Å²) >= 11 is 1.78. The van der Waals surface area contributed by atoms with Gasteiger partial charge in [-0.1, -0.05) is 32.0 Å². The molecule has 0 aliphatic heterocycles. The highest BCUT2D eigenvalue weighted by molar-refractivity contribution is 7.99. The number of hydrogen-bond donors (Lipinski definition) is 1. The summed E-state index contributed by atoms with van der Waals surface area (Å²) < 4.78 is 29.0. The van der Waals surface area contributed by atoms with Gasteiger partial charge in [-0.3, -0.25) is 4.79 Å². The number of sulfonamides is 1. The summed E-state index contributed by atoms with van der Waals surface area (Å²) in [6.07, 6.45) is 1.74. The lowest BCUT2D eigenvalue weighted by Crippen LogP contribution is -2.30. The number of thioether (sulfide) groups is 1. The lowest BCUT2D eigenvalue weighted by atomic mass is 10.3. The van der Waals surface area contributed by atoms with E-state index < -0.39 is 10.0 Å². The second-order valence-corrected chi connectivity index (χ2v) is 10.8. The minimum absolute atomic E-state index is 0.00318. The zero-order chi connectivity index (χ0) is 23.8. The molecule has 0 fully saturated rings. The molecule has 0 aliphatic rings. The Kier molecular flexibility index (Phi) is 8.94. The Morgan fingerprint density at radius 2 is 1.85 bits per heavy atom. The first-order valence-electron chi connectivity index (χ1n) is 11.3. The largest absolute Gasteiger partial charge is 0.356 e. The second-order valence-electron chi connectivity index (χ2n) is 7.69. The monoisotopic (exact) mass is 488 g/mol. The van der Waals surface area contributed by atoms with Crippen molar-refractivity contribution in [2.45, 2.75) is 42.9 Å². The summed E-state index contributed by atoms with van der Waals surface area (Å²) in [6, 6.07) is 15.3. The fourth-order valence-electron chi connectivity index (χ4n) is 3.65. The van der Waals surface area contributed by atoms with Crippen LogP contribution < -0.4 is 5.32 Å². The van der Waals surface area contributed by atoms with E-state index in [0.29, 0.717) is 38.0 Å². The highest BCUT2D eigenvalue weighted by atomic mass is 32.2. The average Bonchev–Trinajstić information content (AvgIpc) is 3.13. The zero-order valence-electron chi connectivity index (χ0n) is 19.5. The molecule has 0 unspecified atom stereocenters. The van der Waals surface area contributed by atoms with Gasteiger partial charge in [0.15, 0.2) is 0 Å². The van der Waals surface area contributed by atoms with Crippen LogP contribution in [0.3, 0.4) is 0 Å². The molecular weight excluding hydrogens is 456 g/mol. The molecule has 1 aromatic heterocycles. The third-order valence-corrected chi connectivity index (χ3v) is 8.66. The lowest BCUT2D eigenvalue weighted by Gasteiger charge is -2.18. The molecule has 3 aromatic rings. The van der Waals surface area contributed by atoms with E-state index >= 15 is 0 Å². The molecule has 0 saturated carbocycles. The van der Waals surface area contributed by atoms with Crippen LogP contribution >= 0.6 is 11.8 Å². The SMILES string of the molecule is CCN(CC)S(=O)(=O)c1ccc2c(c1)nc(CCC(=O)NCCCSc1ccccc1)n2C. The molecule has 0 atom stereocenters. The number of hydrogen-bond acceptors (Lipinski definition) is 5. The van der Waals surface area contributed by atoms with Crippen LogP contribution in [0.25, 0.3) is 11.0 Å². The minimum atomic E-state index is -3.54. The molecule has 0 spiro atoms. The van der Waals surface area contributed by atoms with Crippen molar-refractivity contribution in [3.05, 3.63) is 54.4 Å². The molecule has 0 radical (unpaired) electrons. The van der Waals surface area contributed by atoms with Gasteiger partial charge in [0.05, 0.1) is 15.9 Å². The van der Waals surface area contributed by atoms with Crippen LogP contribution in [0, 0.1) is 0 Å². The molecule has 0 saturated heterocycles. The van der Waals surface area contributed by atoms with Crippen molar-refractivity contribution in [3.8, 4) is 0 Å². The van der Waals surface area contributed by atoms with Gasteiger partial charge in [-0.2, -0.15) is 4.31 Å². The van der Waals surface area contributed by atoms with Gasteiger partial charge in [0.25, 0.3) is 0 Å². The van der Waals surface area contributed by atoms with E-state index in [1.165, 1.54) is 9.20 Å². The number of carbonyl (C=O) groups excluding carboxylic acids is 1. The van der Waals surface area contributed by atoms with Crippen molar-refractivity contribution in [3.63, 3.8) is 0 Å². The van der Waals surface area contributed by atoms with E-state index in [9.17, 15) is 13.2 Å². The summed E-state index contributed by atoms with van der Waals surface area (Å²) in [5, 5.41) is 2.97. The quantitative estimate of drug-likeness (QED) is 0.309. The molecule has 1 amide bonds. The average molecular weight is 489 g/mol. The van der Waals surface area contributed by atoms with Crippen molar-refractivity contribution in [2.75, 3.05) is 25.4 Å². The molecule has 1 N–H and O–H groups in total. The van der Waals surface area contributed by atoms with Crippen molar-refractivity contribution >= 4 is 38.7 Å². The summed E-state index contributed by atoms with van der Waals surface area (Å²) in [4.78, 5) is 18.4. The Balaban J connectivity index is 1.53. The Hall–Kier alpha value is -2.36. The molecule has 178 valence electrons. The van der Waals surface area contributed by atoms with Crippen LogP contribution in [-0.4, -0.2) is 53.6 Å². The predicted molar refractivity (Wildman–Crippen MR) is 134 cm³/mol. The van der Waals surface area contributed by atoms with Gasteiger partial charge in [0, 0.05) is 44.4 Å². The topological polar surface area (TPSA) is 84.3 Å². The van der Waals surface area contributed by atoms with E-state index in [2.05, 4.69) is 22.4 Å². The molecule has 3 rings (SSSR count). The molecule has 7 nitrogen and oxygen atoms in total. The van der Waals surface area contributed by atoms with Gasteiger partial charge in [-0.05, 0) is 42.5 Å². The van der Waals surface area contributed by atoms with Crippen molar-refractivity contribution < 1.29 is 13.2 Å². The molecule has 33 heavy (non-hydrogen) atoms. The minimum Gasteiger partial charge on any atom is -0.356 e. The summed E-state index contributed by atoms with van der Waals surface area (Å²) in [7, 11) is -1.65. The normalized spacial score (nSPS) is 11.9. The number of fused-ring (bicyclic) bond motifs is 1. The number of amides is 1. The van der Waals surface area contributed by atoms with Crippen LogP contribution in [0.5, 0.6) is 0 Å². The van der Waals surface area contributed by atoms with Crippen molar-refractivity contribution in [1.29, 1.82) is 0 Å². The summed E-state index contributed by atoms with van der Waals surface area (Å²) in [5.41, 5.74) is 1.47. The van der Waals surface area contributed by atoms with Crippen LogP contribution in [0.4, 0.5) is 0 Å². The molecule has 2 aromatic carbocycles. The number of aromatic nitrogens is 2. The Labute approximate surface area is 200 Å². The first-order chi connectivity index (χ1) is 15.9. The van der Waals surface area contributed by atoms with Crippen LogP contribution in [0.2, 0.25) is 0 Å². The van der Waals surface area contributed by atoms with E-state index in [0.717, 1.165) is 23.5 Å². The number of carbonyl (C=O) groups is 1. The number of aryl methyl sites for hydroxylation is 2. The fourth-order valence-corrected chi connectivity index (χ4v) is 6.00. The Bertz CT molecular complexity index is 1170. The van der Waals surface area contributed by atoms with Crippen LogP contribution in [-0.2, 0) is 28.3 Å². The number of rotatable bonds is 12. The maximum atomic E-state index is 12.8. The van der Waals surface area contributed by atoms with Gasteiger partial charge < -0.3 is 9.88 Å². The van der Waals surface area contributed by atoms with Crippen molar-refractivity contribution in [1.82, 2.24) is 19.2 Å². The van der Waals surface area contributed by atoms with E-state index in [1.54, 1.807) is 30.0 Å². The standard InChI is InChI=1S/C24H32N4O3S2/c1-4-28(5-2)33(30,31)20-12-13-22-21(18-20)26-23(27(22)3)14-15-24(29)25-16-9-17-32-19-10-7-6-8-11-19/h6-8,10-13,18H,4-5,9,14-17H2,1-3H3,(H,25,29). The fraction of sp³-hybridized carbons (Fsp3) is 0.417. The lowest BCUT2D eigenvalue weighted by molar-refractivity contribution is -0.121. The van der Waals surface area contributed by atoms with Gasteiger partial charge in [-0.25, -0.2) is 13.4 Å². The van der Waals surface area contributed by atoms with Gasteiger partial charge in [0.1, 0.15) is 5.82 Å². The summed E-state index contributed by atoms with van der Waals surface area (Å²) in [5.74, 6) is 1.71. The van der Waals surface area contributed by atoms with Gasteiger partial charge in [-0.15, -0.1) is 11.8 Å². The van der Waals surface area contributed by atoms with Gasteiger partial charge >= 0.3 is 0 Å². The molecule has 0 aliphatic carbocycles. The maximum absolute atomic E-state index is 12.8. The first kappa shape index (κ1) is 25.3. The molecule has 1 heterocycles. The van der Waals surface area contributed by atoms with E-state index in [1.807, 2.05) is 43.7 Å². The van der Waals surface area contributed by atoms with Crippen LogP contribution in [0.15, 0.2) is 58.3 Å². The first-order valence-corrected chi connectivity index (χ1v) is 13.7. The molecule has 9 heteroatoms. The van der Waals surface area contributed by atoms with Gasteiger partial charge in [0.2, 0.25) is 15.9 Å². The third-order valence-electron chi connectivity index (χ3n) is 5.52. The highest BCUT2D eigenvalue weighted by Crippen LogP contribution is 2.23. The zero-order valence-corrected chi connectivity index (χ0v) is 21.1. The number of nitrogens with zero attached hydrogens (tertiary/aromatic N) is 3. The third kappa shape index (κ3) is 6.37. The predicted octanol–water partition coefficient (Wildman–Crippen LogP) is 3.84. The maximum Gasteiger partial charge on any atom is 0.243 e. The highest BCUT2D eigenvalue weighted by Gasteiger charge is 2.22. The Morgan fingerprint density at radius 3 is 2.55 bits per heavy atom. The molecule has 0 bridgehead atoms. The van der Waals surface area contributed by atoms with E-state index in [4.69, 9.17) is 0 Å². The van der Waals surface area contributed by atoms with Crippen molar-refractivity contribution in [2.24, 2.45) is 7.05 Å². The number of benzene rings is 2. The smallest absolute Gasteiger partial charge is 0.243 e. The summed E-state index contributed by atoms with van der Waals surface area (Å²) in [6.45, 7) is 5.14. The number of nitrogens with one attached hydrogen (secondary N) is 1. The second kappa shape index (κ2) is 11.7. The molecular formula is C24H32N4O3S2.